The normalized spacial score (nSPS) is 12.2. The van der Waals surface area contributed by atoms with Crippen LogP contribution in [0.2, 0.25) is 0 Å². The van der Waals surface area contributed by atoms with Crippen LogP contribution in [0, 0.1) is 0 Å². The average Bonchev–Trinajstić information content (AvgIpc) is 3.02. The summed E-state index contributed by atoms with van der Waals surface area (Å²) in [5.74, 6) is 0.947. The van der Waals surface area contributed by atoms with E-state index in [9.17, 15) is 0 Å². The van der Waals surface area contributed by atoms with E-state index in [0.29, 0.717) is 112 Å². The zero-order valence-electron chi connectivity index (χ0n) is 28.5. The van der Waals surface area contributed by atoms with E-state index in [4.69, 9.17) is 47.7 Å². The molecule has 10 nitrogen and oxygen atoms in total. The van der Waals surface area contributed by atoms with E-state index in [1.54, 1.807) is 0 Å². The Morgan fingerprint density at radius 3 is 1.16 bits per heavy atom. The summed E-state index contributed by atoms with van der Waals surface area (Å²) in [6.45, 7) is 22.1. The fourth-order valence-electron chi connectivity index (χ4n) is 3.92. The van der Waals surface area contributed by atoms with E-state index in [1.807, 2.05) is 0 Å². The predicted molar refractivity (Wildman–Crippen MR) is 172 cm³/mol. The van der Waals surface area contributed by atoms with Gasteiger partial charge in [0.05, 0.1) is 112 Å². The Bertz CT molecular complexity index is 802. The molecule has 0 atom stereocenters. The molecule has 0 saturated carbocycles. The second kappa shape index (κ2) is 25.8. The largest absolute Gasteiger partial charge is 0.491 e. The summed E-state index contributed by atoms with van der Waals surface area (Å²) in [5.41, 5.74) is 2.80. The van der Waals surface area contributed by atoms with Crippen molar-refractivity contribution in [1.29, 1.82) is 0 Å². The molecule has 1 aromatic rings. The van der Waals surface area contributed by atoms with Crippen molar-refractivity contribution in [1.82, 2.24) is 0 Å². The van der Waals surface area contributed by atoms with Gasteiger partial charge in [0, 0.05) is 5.56 Å². The van der Waals surface area contributed by atoms with Gasteiger partial charge in [-0.05, 0) is 35.3 Å². The lowest BCUT2D eigenvalue weighted by atomic mass is 9.76. The molecule has 1 N–H and O–H groups in total. The molecule has 10 heteroatoms. The van der Waals surface area contributed by atoms with Crippen molar-refractivity contribution in [3.05, 3.63) is 29.3 Å². The van der Waals surface area contributed by atoms with Crippen LogP contribution in [0.25, 0.3) is 0 Å². The van der Waals surface area contributed by atoms with Gasteiger partial charge in [-0.2, -0.15) is 0 Å². The van der Waals surface area contributed by atoms with Crippen LogP contribution in [-0.4, -0.2) is 124 Å². The quantitative estimate of drug-likeness (QED) is 0.117. The van der Waals surface area contributed by atoms with Crippen LogP contribution >= 0.6 is 0 Å². The molecular formula is C34H62O10. The number of aliphatic hydroxyl groups excluding tert-OH is 1. The van der Waals surface area contributed by atoms with Crippen molar-refractivity contribution in [3.63, 3.8) is 0 Å². The third kappa shape index (κ3) is 19.2. The molecule has 0 spiro atoms. The summed E-state index contributed by atoms with van der Waals surface area (Å²) in [6, 6.07) is 6.66. The Labute approximate surface area is 266 Å². The van der Waals surface area contributed by atoms with Crippen LogP contribution in [0.1, 0.15) is 65.5 Å². The van der Waals surface area contributed by atoms with Gasteiger partial charge in [-0.15, -0.1) is 0 Å². The predicted octanol–water partition coefficient (Wildman–Crippen LogP) is 4.57. The molecule has 0 aliphatic carbocycles. The van der Waals surface area contributed by atoms with Gasteiger partial charge in [0.15, 0.2) is 0 Å². The zero-order chi connectivity index (χ0) is 32.4. The van der Waals surface area contributed by atoms with Gasteiger partial charge in [0.1, 0.15) is 12.4 Å². The summed E-state index contributed by atoms with van der Waals surface area (Å²) in [7, 11) is 0. The zero-order valence-corrected chi connectivity index (χ0v) is 28.5. The molecule has 0 unspecified atom stereocenters. The fraction of sp³-hybridized carbons (Fsp3) is 0.824. The first-order valence-corrected chi connectivity index (χ1v) is 16.3. The maximum Gasteiger partial charge on any atom is 0.123 e. The molecule has 0 amide bonds. The highest BCUT2D eigenvalue weighted by Crippen LogP contribution is 2.38. The highest BCUT2D eigenvalue weighted by Gasteiger charge is 2.26. The second-order valence-corrected chi connectivity index (χ2v) is 11.7. The molecule has 0 radical (unpaired) electrons. The molecule has 44 heavy (non-hydrogen) atoms. The molecule has 0 aromatic heterocycles. The molecule has 0 aliphatic heterocycles. The maximum atomic E-state index is 8.59. The Kier molecular flexibility index (Phi) is 23.9. The van der Waals surface area contributed by atoms with Crippen LogP contribution in [0.4, 0.5) is 0 Å². The lowest BCUT2D eigenvalue weighted by molar-refractivity contribution is -0.0242. The van der Waals surface area contributed by atoms with Gasteiger partial charge in [-0.3, -0.25) is 0 Å². The second-order valence-electron chi connectivity index (χ2n) is 11.7. The minimum absolute atomic E-state index is 0.0282. The first-order valence-electron chi connectivity index (χ1n) is 16.3. The third-order valence-electron chi connectivity index (χ3n) is 7.58. The van der Waals surface area contributed by atoms with E-state index >= 15 is 0 Å². The lowest BCUT2D eigenvalue weighted by Gasteiger charge is -2.30. The monoisotopic (exact) mass is 630 g/mol. The Hall–Kier alpha value is -1.34. The SMILES string of the molecule is CCC(C)(C)c1ccc(OCCOCCOCCOCCOCCOCCOCCOCCOCCO)c(C(C)(C)CC)c1. The third-order valence-corrected chi connectivity index (χ3v) is 7.58. The van der Waals surface area contributed by atoms with E-state index in [-0.39, 0.29) is 17.4 Å². The van der Waals surface area contributed by atoms with Crippen molar-refractivity contribution in [2.75, 3.05) is 119 Å². The van der Waals surface area contributed by atoms with E-state index in [0.717, 1.165) is 18.6 Å². The minimum Gasteiger partial charge on any atom is -0.491 e. The lowest BCUT2D eigenvalue weighted by Crippen LogP contribution is -2.22. The van der Waals surface area contributed by atoms with E-state index in [2.05, 4.69) is 59.7 Å². The number of benzene rings is 1. The van der Waals surface area contributed by atoms with Crippen molar-refractivity contribution >= 4 is 0 Å². The molecule has 0 fully saturated rings. The smallest absolute Gasteiger partial charge is 0.123 e. The van der Waals surface area contributed by atoms with Crippen LogP contribution in [0.3, 0.4) is 0 Å². The molecule has 0 bridgehead atoms. The van der Waals surface area contributed by atoms with Crippen molar-refractivity contribution in [3.8, 4) is 5.75 Å². The number of aliphatic hydroxyl groups is 1. The van der Waals surface area contributed by atoms with Gasteiger partial charge in [-0.1, -0.05) is 53.7 Å². The number of hydrogen-bond donors (Lipinski definition) is 1. The Morgan fingerprint density at radius 2 is 0.818 bits per heavy atom. The molecule has 0 saturated heterocycles. The molecule has 1 aromatic carbocycles. The number of rotatable bonds is 31. The maximum absolute atomic E-state index is 8.59. The summed E-state index contributed by atoms with van der Waals surface area (Å²) in [5, 5.41) is 8.59. The summed E-state index contributed by atoms with van der Waals surface area (Å²) in [6.07, 6.45) is 2.13. The Morgan fingerprint density at radius 1 is 0.477 bits per heavy atom. The van der Waals surface area contributed by atoms with Crippen molar-refractivity contribution in [2.24, 2.45) is 0 Å². The van der Waals surface area contributed by atoms with Crippen LogP contribution in [0.5, 0.6) is 5.75 Å². The first kappa shape index (κ1) is 40.7. The van der Waals surface area contributed by atoms with Gasteiger partial charge in [0.2, 0.25) is 0 Å². The molecule has 1 rings (SSSR count). The van der Waals surface area contributed by atoms with E-state index in [1.165, 1.54) is 11.1 Å². The van der Waals surface area contributed by atoms with Gasteiger partial charge >= 0.3 is 0 Å². The molecule has 0 heterocycles. The average molecular weight is 631 g/mol. The number of ether oxygens (including phenoxy) is 9. The van der Waals surface area contributed by atoms with Crippen LogP contribution < -0.4 is 4.74 Å². The summed E-state index contributed by atoms with van der Waals surface area (Å²) < 4.78 is 49.8. The van der Waals surface area contributed by atoms with Gasteiger partial charge in [-0.25, -0.2) is 0 Å². The number of hydrogen-bond acceptors (Lipinski definition) is 10. The fourth-order valence-corrected chi connectivity index (χ4v) is 3.92. The minimum atomic E-state index is 0.0282. The van der Waals surface area contributed by atoms with Gasteiger partial charge < -0.3 is 47.7 Å². The van der Waals surface area contributed by atoms with E-state index < -0.39 is 0 Å². The molecule has 0 aliphatic rings. The molecular weight excluding hydrogens is 568 g/mol. The van der Waals surface area contributed by atoms with Crippen LogP contribution in [0.15, 0.2) is 18.2 Å². The van der Waals surface area contributed by atoms with Crippen molar-refractivity contribution < 1.29 is 47.7 Å². The standard InChI is InChI=1S/C34H62O10/c1-7-33(3,4)30-9-10-32(31(29-30)34(5,6)8-2)44-28-27-43-26-25-42-24-23-41-22-21-40-20-19-39-18-17-38-16-15-37-14-13-36-12-11-35/h9-10,29,35H,7-8,11-28H2,1-6H3. The van der Waals surface area contributed by atoms with Crippen molar-refractivity contribution in [2.45, 2.75) is 65.2 Å². The van der Waals surface area contributed by atoms with Crippen LogP contribution in [-0.2, 0) is 48.7 Å². The Balaban J connectivity index is 1.94. The summed E-state index contributed by atoms with van der Waals surface area (Å²) >= 11 is 0. The highest BCUT2D eigenvalue weighted by atomic mass is 16.6. The summed E-state index contributed by atoms with van der Waals surface area (Å²) in [4.78, 5) is 0. The first-order chi connectivity index (χ1) is 21.3. The highest BCUT2D eigenvalue weighted by molar-refractivity contribution is 5.44. The topological polar surface area (TPSA) is 103 Å². The van der Waals surface area contributed by atoms with Gasteiger partial charge in [0.25, 0.3) is 0 Å². The molecule has 258 valence electrons.